The first kappa shape index (κ1) is 8.98. The predicted molar refractivity (Wildman–Crippen MR) is 39.1 cm³/mol. The van der Waals surface area contributed by atoms with Gasteiger partial charge in [-0.1, -0.05) is 0 Å². The van der Waals surface area contributed by atoms with Gasteiger partial charge in [0.25, 0.3) is 9.05 Å². The van der Waals surface area contributed by atoms with E-state index in [1.54, 1.807) is 5.48 Å². The van der Waals surface area contributed by atoms with Crippen molar-refractivity contribution in [2.45, 2.75) is 0 Å². The number of nitrogens with one attached hydrogen (secondary N) is 1. The second-order valence-corrected chi connectivity index (χ2v) is 3.70. The molecule has 54 valence electrons. The molecule has 0 aromatic carbocycles. The van der Waals surface area contributed by atoms with E-state index in [2.05, 4.69) is 27.7 Å². The van der Waals surface area contributed by atoms with Crippen molar-refractivity contribution in [3.8, 4) is 0 Å². The Kier molecular flexibility index (Phi) is 3.22. The third-order valence-electron chi connectivity index (χ3n) is 0.248. The third-order valence-corrected chi connectivity index (χ3v) is 0.829. The molecule has 0 amide bonds. The van der Waals surface area contributed by atoms with Gasteiger partial charge in [0.2, 0.25) is 0 Å². The zero-order valence-electron chi connectivity index (χ0n) is 4.07. The first-order chi connectivity index (χ1) is 3.92. The monoisotopic (exact) mass is 188 g/mol. The largest absolute Gasteiger partial charge is 0.375 e. The molecule has 0 radical (unpaired) electrons. The number of rotatable bonds is 2. The van der Waals surface area contributed by atoms with E-state index in [-0.39, 0.29) is 5.11 Å². The molecule has 1 unspecified atom stereocenters. The van der Waals surface area contributed by atoms with Gasteiger partial charge in [0.15, 0.2) is 5.11 Å². The van der Waals surface area contributed by atoms with Crippen molar-refractivity contribution in [2.75, 3.05) is 0 Å². The minimum atomic E-state index is -3.66. The maximum absolute atomic E-state index is 10.1. The van der Waals surface area contributed by atoms with Crippen molar-refractivity contribution in [3.63, 3.8) is 0 Å². The summed E-state index contributed by atoms with van der Waals surface area (Å²) < 4.78 is 22.1. The Hall–Kier alpha value is -0.0200. The maximum atomic E-state index is 10.1. The molecule has 8 heteroatoms. The molecular formula is CH4N2O3S3. The van der Waals surface area contributed by atoms with Crippen molar-refractivity contribution < 1.29 is 13.0 Å². The molecule has 0 fully saturated rings. The zero-order valence-corrected chi connectivity index (χ0v) is 6.52. The molecule has 1 atom stereocenters. The quantitative estimate of drug-likeness (QED) is 0.374. The lowest BCUT2D eigenvalue weighted by molar-refractivity contribution is 0.258. The molecule has 0 aliphatic rings. The molecule has 0 heterocycles. The fourth-order valence-corrected chi connectivity index (χ4v) is 0.485. The van der Waals surface area contributed by atoms with Crippen molar-refractivity contribution in [2.24, 2.45) is 5.73 Å². The standard InChI is InChI=1S/CH4N2O3S3/c2-1(7)3-6-9(4,5)8/h(H3,2,3,7)(H,4,5,8). The zero-order chi connectivity index (χ0) is 7.49. The van der Waals surface area contributed by atoms with E-state index < -0.39 is 9.05 Å². The molecule has 5 nitrogen and oxygen atoms in total. The van der Waals surface area contributed by atoms with Crippen molar-refractivity contribution in [1.29, 1.82) is 0 Å². The van der Waals surface area contributed by atoms with Gasteiger partial charge >= 0.3 is 0 Å². The van der Waals surface area contributed by atoms with Crippen molar-refractivity contribution in [1.82, 2.24) is 5.48 Å². The van der Waals surface area contributed by atoms with Crippen LogP contribution in [-0.4, -0.2) is 13.9 Å². The highest BCUT2D eigenvalue weighted by molar-refractivity contribution is 8.27. The molecule has 0 bridgehead atoms. The lowest BCUT2D eigenvalue weighted by Gasteiger charge is -1.99. The number of nitrogens with two attached hydrogens (primary N) is 1. The van der Waals surface area contributed by atoms with Gasteiger partial charge < -0.3 is 5.73 Å². The second-order valence-electron chi connectivity index (χ2n) is 0.977. The number of hydrogen-bond acceptors (Lipinski definition) is 4. The summed E-state index contributed by atoms with van der Waals surface area (Å²) in [6.45, 7) is 0. The van der Waals surface area contributed by atoms with E-state index >= 15 is 0 Å². The van der Waals surface area contributed by atoms with Crippen LogP contribution in [0.2, 0.25) is 0 Å². The van der Waals surface area contributed by atoms with Gasteiger partial charge in [-0.2, -0.15) is 4.21 Å². The van der Waals surface area contributed by atoms with Crippen LogP contribution in [0, 0.1) is 0 Å². The van der Waals surface area contributed by atoms with Gasteiger partial charge in [-0.25, -0.2) is 5.48 Å². The lowest BCUT2D eigenvalue weighted by Crippen LogP contribution is -2.30. The van der Waals surface area contributed by atoms with Gasteiger partial charge in [0.05, 0.1) is 0 Å². The highest BCUT2D eigenvalue weighted by Gasteiger charge is 1.97. The summed E-state index contributed by atoms with van der Waals surface area (Å²) >= 11 is 8.11. The Morgan fingerprint density at radius 2 is 2.33 bits per heavy atom. The van der Waals surface area contributed by atoms with Crippen molar-refractivity contribution in [3.05, 3.63) is 0 Å². The average Bonchev–Trinajstić information content (AvgIpc) is 1.59. The predicted octanol–water partition coefficient (Wildman–Crippen LogP) is -1.11. The Bertz CT molecular complexity index is 195. The minimum absolute atomic E-state index is 0.248. The van der Waals surface area contributed by atoms with Gasteiger partial charge in [-0.15, -0.1) is 4.28 Å². The van der Waals surface area contributed by atoms with E-state index in [9.17, 15) is 4.21 Å². The van der Waals surface area contributed by atoms with Gasteiger partial charge in [-0.3, -0.25) is 4.55 Å². The van der Waals surface area contributed by atoms with Crippen LogP contribution in [0.1, 0.15) is 0 Å². The third kappa shape index (κ3) is 7.98. The van der Waals surface area contributed by atoms with Gasteiger partial charge in [0, 0.05) is 11.2 Å². The Balaban J connectivity index is 3.67. The first-order valence-electron chi connectivity index (χ1n) is 1.63. The minimum Gasteiger partial charge on any atom is -0.375 e. The number of thiocarbonyl (C=S) groups is 1. The topological polar surface area (TPSA) is 84.6 Å². The molecule has 0 saturated carbocycles. The Labute approximate surface area is 62.2 Å². The summed E-state index contributed by atoms with van der Waals surface area (Å²) in [6, 6.07) is 0. The van der Waals surface area contributed by atoms with Crippen LogP contribution in [0.15, 0.2) is 0 Å². The molecule has 9 heavy (non-hydrogen) atoms. The van der Waals surface area contributed by atoms with Crippen LogP contribution >= 0.6 is 12.2 Å². The van der Waals surface area contributed by atoms with E-state index in [1.807, 2.05) is 0 Å². The van der Waals surface area contributed by atoms with Gasteiger partial charge in [-0.05, 0) is 12.2 Å². The van der Waals surface area contributed by atoms with Crippen LogP contribution < -0.4 is 11.2 Å². The summed E-state index contributed by atoms with van der Waals surface area (Å²) in [6.07, 6.45) is 0. The van der Waals surface area contributed by atoms with Crippen LogP contribution in [0.3, 0.4) is 0 Å². The number of hydroxylamine groups is 1. The summed E-state index contributed by atoms with van der Waals surface area (Å²) in [5, 5.41) is -0.248. The molecule has 0 aromatic rings. The summed E-state index contributed by atoms with van der Waals surface area (Å²) in [5.41, 5.74) is 6.58. The molecule has 4 N–H and O–H groups in total. The first-order valence-corrected chi connectivity index (χ1v) is 4.40. The maximum Gasteiger partial charge on any atom is 0.287 e. The van der Waals surface area contributed by atoms with Crippen molar-refractivity contribution >= 4 is 37.6 Å². The normalized spacial score (nSPS) is 16.1. The van der Waals surface area contributed by atoms with Crippen LogP contribution in [0.5, 0.6) is 0 Å². The van der Waals surface area contributed by atoms with E-state index in [0.29, 0.717) is 0 Å². The molecular weight excluding hydrogens is 184 g/mol. The molecule has 0 rings (SSSR count). The summed E-state index contributed by atoms with van der Waals surface area (Å²) in [4.78, 5) is 0. The SMILES string of the molecule is NC(=S)NOS(=O)(O)=S. The molecule has 0 aliphatic heterocycles. The fourth-order valence-electron chi connectivity index (χ4n) is 0.0937. The van der Waals surface area contributed by atoms with E-state index in [4.69, 9.17) is 10.3 Å². The summed E-state index contributed by atoms with van der Waals surface area (Å²) in [7, 11) is -3.66. The average molecular weight is 188 g/mol. The molecule has 0 aliphatic carbocycles. The Morgan fingerprint density at radius 1 is 1.89 bits per heavy atom. The molecule has 0 saturated heterocycles. The molecule has 0 spiro atoms. The smallest absolute Gasteiger partial charge is 0.287 e. The van der Waals surface area contributed by atoms with Gasteiger partial charge in [0.1, 0.15) is 0 Å². The Morgan fingerprint density at radius 3 is 2.44 bits per heavy atom. The lowest BCUT2D eigenvalue weighted by atomic mass is 11.2. The highest BCUT2D eigenvalue weighted by Crippen LogP contribution is 1.79. The second kappa shape index (κ2) is 3.22. The van der Waals surface area contributed by atoms with Crippen LogP contribution in [-0.2, 0) is 24.5 Å². The van der Waals surface area contributed by atoms with E-state index in [1.165, 1.54) is 0 Å². The fraction of sp³-hybridized carbons (Fsp3) is 0. The van der Waals surface area contributed by atoms with Crippen LogP contribution in [0.4, 0.5) is 0 Å². The number of hydrogen-bond donors (Lipinski definition) is 3. The van der Waals surface area contributed by atoms with Crippen LogP contribution in [0.25, 0.3) is 0 Å². The molecule has 0 aromatic heterocycles. The summed E-state index contributed by atoms with van der Waals surface area (Å²) in [5.74, 6) is 0. The highest BCUT2D eigenvalue weighted by atomic mass is 32.9. The van der Waals surface area contributed by atoms with E-state index in [0.717, 1.165) is 0 Å².